The van der Waals surface area contributed by atoms with E-state index in [0.717, 1.165) is 0 Å². The van der Waals surface area contributed by atoms with Gasteiger partial charge in [0.15, 0.2) is 0 Å². The van der Waals surface area contributed by atoms with Crippen LogP contribution in [0.15, 0.2) is 48.9 Å². The molecule has 3 rings (SSSR count). The van der Waals surface area contributed by atoms with Gasteiger partial charge in [-0.3, -0.25) is 4.79 Å². The number of tetrazole rings is 1. The van der Waals surface area contributed by atoms with Crippen LogP contribution in [0.4, 0.5) is 11.4 Å². The molecular formula is C13H11N7O. The van der Waals surface area contributed by atoms with Gasteiger partial charge in [-0.2, -0.15) is 4.68 Å². The van der Waals surface area contributed by atoms with E-state index in [4.69, 9.17) is 5.73 Å². The maximum atomic E-state index is 12.2. The summed E-state index contributed by atoms with van der Waals surface area (Å²) in [5.41, 5.74) is 7.56. The Morgan fingerprint density at radius 2 is 2.05 bits per heavy atom. The highest BCUT2D eigenvalue weighted by Crippen LogP contribution is 2.19. The van der Waals surface area contributed by atoms with Crippen LogP contribution >= 0.6 is 0 Å². The number of carbonyl (C=O) groups is 1. The third kappa shape index (κ3) is 2.68. The Morgan fingerprint density at radius 1 is 1.19 bits per heavy atom. The van der Waals surface area contributed by atoms with Crippen molar-refractivity contribution in [3.63, 3.8) is 0 Å². The lowest BCUT2D eigenvalue weighted by Crippen LogP contribution is -2.15. The molecule has 0 aliphatic carbocycles. The first kappa shape index (κ1) is 12.7. The van der Waals surface area contributed by atoms with E-state index in [-0.39, 0.29) is 11.6 Å². The maximum Gasteiger partial charge on any atom is 0.274 e. The van der Waals surface area contributed by atoms with E-state index in [1.165, 1.54) is 17.2 Å². The Balaban J connectivity index is 1.88. The number of nitrogen functional groups attached to an aromatic ring is 1. The normalized spacial score (nSPS) is 10.3. The molecule has 8 heteroatoms. The standard InChI is InChI=1S/C13H11N7O/c14-9-5-6-11(15-7-9)13(21)17-10-3-1-2-4-12(10)20-8-16-18-19-20/h1-8H,14H2,(H,17,21). The zero-order valence-electron chi connectivity index (χ0n) is 10.8. The second kappa shape index (κ2) is 5.37. The molecule has 2 aromatic heterocycles. The summed E-state index contributed by atoms with van der Waals surface area (Å²) in [6.45, 7) is 0. The van der Waals surface area contributed by atoms with Gasteiger partial charge in [0.1, 0.15) is 12.0 Å². The number of carbonyl (C=O) groups excluding carboxylic acids is 1. The smallest absolute Gasteiger partial charge is 0.274 e. The molecule has 0 saturated heterocycles. The Hall–Kier alpha value is -3.29. The predicted molar refractivity (Wildman–Crippen MR) is 75.8 cm³/mol. The number of hydrogen-bond acceptors (Lipinski definition) is 6. The molecule has 1 amide bonds. The van der Waals surface area contributed by atoms with E-state index >= 15 is 0 Å². The second-order valence-corrected chi connectivity index (χ2v) is 4.20. The van der Waals surface area contributed by atoms with Crippen molar-refractivity contribution in [1.29, 1.82) is 0 Å². The molecule has 0 bridgehead atoms. The van der Waals surface area contributed by atoms with Crippen molar-refractivity contribution in [1.82, 2.24) is 25.2 Å². The Bertz CT molecular complexity index is 752. The van der Waals surface area contributed by atoms with Crippen LogP contribution < -0.4 is 11.1 Å². The number of amides is 1. The molecule has 104 valence electrons. The van der Waals surface area contributed by atoms with Gasteiger partial charge in [0.05, 0.1) is 23.3 Å². The number of hydrogen-bond donors (Lipinski definition) is 2. The summed E-state index contributed by atoms with van der Waals surface area (Å²) in [7, 11) is 0. The molecule has 21 heavy (non-hydrogen) atoms. The van der Waals surface area contributed by atoms with Crippen LogP contribution in [-0.2, 0) is 0 Å². The van der Waals surface area contributed by atoms with Gasteiger partial charge in [-0.05, 0) is 34.7 Å². The van der Waals surface area contributed by atoms with Gasteiger partial charge in [-0.25, -0.2) is 4.98 Å². The van der Waals surface area contributed by atoms with Gasteiger partial charge in [-0.1, -0.05) is 12.1 Å². The van der Waals surface area contributed by atoms with Crippen molar-refractivity contribution in [2.45, 2.75) is 0 Å². The van der Waals surface area contributed by atoms with Crippen molar-refractivity contribution in [2.24, 2.45) is 0 Å². The molecular weight excluding hydrogens is 270 g/mol. The molecule has 8 nitrogen and oxygen atoms in total. The lowest BCUT2D eigenvalue weighted by Gasteiger charge is -2.09. The molecule has 0 fully saturated rings. The van der Waals surface area contributed by atoms with Crippen LogP contribution in [-0.4, -0.2) is 31.1 Å². The fourth-order valence-electron chi connectivity index (χ4n) is 1.78. The number of benzene rings is 1. The number of nitrogens with two attached hydrogens (primary N) is 1. The lowest BCUT2D eigenvalue weighted by molar-refractivity contribution is 0.102. The molecule has 3 aromatic rings. The summed E-state index contributed by atoms with van der Waals surface area (Å²) in [6.07, 6.45) is 2.88. The summed E-state index contributed by atoms with van der Waals surface area (Å²) >= 11 is 0. The number of aromatic nitrogens is 5. The van der Waals surface area contributed by atoms with Crippen LogP contribution in [0.5, 0.6) is 0 Å². The number of anilines is 2. The highest BCUT2D eigenvalue weighted by molar-refractivity contribution is 6.04. The minimum Gasteiger partial charge on any atom is -0.397 e. The number of rotatable bonds is 3. The SMILES string of the molecule is Nc1ccc(C(=O)Nc2ccccc2-n2cnnn2)nc1. The first-order chi connectivity index (χ1) is 10.2. The van der Waals surface area contributed by atoms with Crippen molar-refractivity contribution >= 4 is 17.3 Å². The maximum absolute atomic E-state index is 12.2. The molecule has 3 N–H and O–H groups in total. The quantitative estimate of drug-likeness (QED) is 0.737. The first-order valence-electron chi connectivity index (χ1n) is 6.09. The van der Waals surface area contributed by atoms with Crippen LogP contribution in [0.2, 0.25) is 0 Å². The predicted octanol–water partition coefficient (Wildman–Crippen LogP) is 0.892. The summed E-state index contributed by atoms with van der Waals surface area (Å²) in [5, 5.41) is 13.7. The number of para-hydroxylation sites is 2. The topological polar surface area (TPSA) is 112 Å². The van der Waals surface area contributed by atoms with E-state index in [2.05, 4.69) is 25.8 Å². The Kier molecular flexibility index (Phi) is 3.26. The van der Waals surface area contributed by atoms with Crippen LogP contribution in [0.3, 0.4) is 0 Å². The largest absolute Gasteiger partial charge is 0.397 e. The Morgan fingerprint density at radius 3 is 2.76 bits per heavy atom. The highest BCUT2D eigenvalue weighted by Gasteiger charge is 2.11. The summed E-state index contributed by atoms with van der Waals surface area (Å²) in [4.78, 5) is 16.2. The lowest BCUT2D eigenvalue weighted by atomic mass is 10.2. The van der Waals surface area contributed by atoms with E-state index in [1.54, 1.807) is 30.3 Å². The van der Waals surface area contributed by atoms with Gasteiger partial charge in [0, 0.05) is 0 Å². The molecule has 0 radical (unpaired) electrons. The molecule has 2 heterocycles. The monoisotopic (exact) mass is 281 g/mol. The summed E-state index contributed by atoms with van der Waals surface area (Å²) in [6, 6.07) is 10.4. The molecule has 0 saturated carbocycles. The third-order valence-corrected chi connectivity index (χ3v) is 2.77. The van der Waals surface area contributed by atoms with Crippen molar-refractivity contribution < 1.29 is 4.79 Å². The zero-order valence-corrected chi connectivity index (χ0v) is 10.8. The molecule has 0 spiro atoms. The van der Waals surface area contributed by atoms with E-state index in [0.29, 0.717) is 17.1 Å². The fraction of sp³-hybridized carbons (Fsp3) is 0. The van der Waals surface area contributed by atoms with E-state index < -0.39 is 0 Å². The molecule has 1 aromatic carbocycles. The minimum atomic E-state index is -0.337. The average molecular weight is 281 g/mol. The van der Waals surface area contributed by atoms with Crippen molar-refractivity contribution in [2.75, 3.05) is 11.1 Å². The molecule has 0 atom stereocenters. The van der Waals surface area contributed by atoms with Crippen molar-refractivity contribution in [3.8, 4) is 5.69 Å². The third-order valence-electron chi connectivity index (χ3n) is 2.77. The van der Waals surface area contributed by atoms with Gasteiger partial charge < -0.3 is 11.1 Å². The van der Waals surface area contributed by atoms with Gasteiger partial charge >= 0.3 is 0 Å². The fourth-order valence-corrected chi connectivity index (χ4v) is 1.78. The first-order valence-corrected chi connectivity index (χ1v) is 6.09. The highest BCUT2D eigenvalue weighted by atomic mass is 16.1. The summed E-state index contributed by atoms with van der Waals surface area (Å²) < 4.78 is 1.46. The molecule has 0 aliphatic heterocycles. The van der Waals surface area contributed by atoms with Gasteiger partial charge in [-0.15, -0.1) is 5.10 Å². The van der Waals surface area contributed by atoms with Crippen molar-refractivity contribution in [3.05, 3.63) is 54.6 Å². The van der Waals surface area contributed by atoms with Gasteiger partial charge in [0.2, 0.25) is 0 Å². The minimum absolute atomic E-state index is 0.274. The van der Waals surface area contributed by atoms with E-state index in [1.807, 2.05) is 6.07 Å². The van der Waals surface area contributed by atoms with Gasteiger partial charge in [0.25, 0.3) is 5.91 Å². The number of nitrogens with one attached hydrogen (secondary N) is 1. The Labute approximate surface area is 119 Å². The average Bonchev–Trinajstić information content (AvgIpc) is 3.02. The number of nitrogens with zero attached hydrogens (tertiary/aromatic N) is 5. The second-order valence-electron chi connectivity index (χ2n) is 4.20. The molecule has 0 aliphatic rings. The summed E-state index contributed by atoms with van der Waals surface area (Å²) in [5.74, 6) is -0.337. The van der Waals surface area contributed by atoms with Crippen LogP contribution in [0.1, 0.15) is 10.5 Å². The van der Waals surface area contributed by atoms with Crippen LogP contribution in [0.25, 0.3) is 5.69 Å². The zero-order chi connectivity index (χ0) is 14.7. The van der Waals surface area contributed by atoms with E-state index in [9.17, 15) is 4.79 Å². The van der Waals surface area contributed by atoms with Crippen LogP contribution in [0, 0.1) is 0 Å². The number of pyridine rings is 1. The molecule has 0 unspecified atom stereocenters.